The number of amides is 2. The molecule has 1 saturated heterocycles. The van der Waals surface area contributed by atoms with Crippen LogP contribution in [-0.4, -0.2) is 40.8 Å². The molecule has 1 heterocycles. The van der Waals surface area contributed by atoms with Gasteiger partial charge in [-0.25, -0.2) is 4.99 Å². The molecule has 1 aliphatic rings. The fraction of sp³-hybridized carbons (Fsp3) is 0.227. The van der Waals surface area contributed by atoms with Crippen molar-refractivity contribution in [3.8, 4) is 5.75 Å². The maximum atomic E-state index is 12.8. The van der Waals surface area contributed by atoms with E-state index in [2.05, 4.69) is 16.9 Å². The average molecular weight is 410 g/mol. The van der Waals surface area contributed by atoms with Crippen LogP contribution in [0, 0.1) is 6.92 Å². The van der Waals surface area contributed by atoms with E-state index in [9.17, 15) is 9.59 Å². The second kappa shape index (κ2) is 9.43. The van der Waals surface area contributed by atoms with Crippen LogP contribution in [0.2, 0.25) is 0 Å². The Morgan fingerprint density at radius 3 is 2.83 bits per heavy atom. The second-order valence-electron chi connectivity index (χ2n) is 6.56. The van der Waals surface area contributed by atoms with Crippen LogP contribution in [0.5, 0.6) is 5.75 Å². The number of ether oxygens (including phenoxy) is 1. The van der Waals surface area contributed by atoms with Crippen molar-refractivity contribution in [2.45, 2.75) is 18.6 Å². The lowest BCUT2D eigenvalue weighted by Gasteiger charge is -2.14. The Kier molecular flexibility index (Phi) is 6.72. The van der Waals surface area contributed by atoms with Crippen molar-refractivity contribution >= 4 is 40.1 Å². The summed E-state index contributed by atoms with van der Waals surface area (Å²) in [6.07, 6.45) is 1.71. The van der Waals surface area contributed by atoms with Crippen LogP contribution >= 0.6 is 11.8 Å². The SMILES string of the molecule is C=CCN1C(=O)[C@H](CC(=O)Nc2cccc(OC)c2)SC1=Nc1cccc(C)c1. The highest BCUT2D eigenvalue weighted by Crippen LogP contribution is 2.32. The summed E-state index contributed by atoms with van der Waals surface area (Å²) in [7, 11) is 1.57. The molecule has 1 fully saturated rings. The van der Waals surface area contributed by atoms with Gasteiger partial charge in [0, 0.05) is 24.7 Å². The maximum Gasteiger partial charge on any atom is 0.242 e. The van der Waals surface area contributed by atoms with Crippen LogP contribution in [0.1, 0.15) is 12.0 Å². The maximum absolute atomic E-state index is 12.8. The van der Waals surface area contributed by atoms with Gasteiger partial charge in [0.15, 0.2) is 5.17 Å². The summed E-state index contributed by atoms with van der Waals surface area (Å²) in [6, 6.07) is 14.9. The lowest BCUT2D eigenvalue weighted by molar-refractivity contribution is -0.127. The van der Waals surface area contributed by atoms with Gasteiger partial charge in [-0.05, 0) is 36.8 Å². The third kappa shape index (κ3) is 5.26. The molecular weight excluding hydrogens is 386 g/mol. The standard InChI is InChI=1S/C22H23N3O3S/c1-4-11-25-21(27)19(29-22(25)24-16-8-5-7-15(2)12-16)14-20(26)23-17-9-6-10-18(13-17)28-3/h4-10,12-13,19H,1,11,14H2,2-3H3,(H,23,26)/t19-/m0/s1. The van der Waals surface area contributed by atoms with E-state index in [0.29, 0.717) is 23.1 Å². The third-order valence-electron chi connectivity index (χ3n) is 4.28. The van der Waals surface area contributed by atoms with Crippen LogP contribution in [0.3, 0.4) is 0 Å². The number of methoxy groups -OCH3 is 1. The Morgan fingerprint density at radius 2 is 2.10 bits per heavy atom. The quantitative estimate of drug-likeness (QED) is 0.698. The summed E-state index contributed by atoms with van der Waals surface area (Å²) in [6.45, 7) is 6.06. The fourth-order valence-electron chi connectivity index (χ4n) is 2.91. The van der Waals surface area contributed by atoms with Crippen molar-refractivity contribution in [3.05, 3.63) is 66.7 Å². The fourth-order valence-corrected chi connectivity index (χ4v) is 4.08. The van der Waals surface area contributed by atoms with Crippen molar-refractivity contribution in [2.75, 3.05) is 19.0 Å². The number of rotatable bonds is 7. The van der Waals surface area contributed by atoms with E-state index in [4.69, 9.17) is 4.74 Å². The van der Waals surface area contributed by atoms with Gasteiger partial charge in [-0.2, -0.15) is 0 Å². The summed E-state index contributed by atoms with van der Waals surface area (Å²) in [5, 5.41) is 2.88. The van der Waals surface area contributed by atoms with Gasteiger partial charge < -0.3 is 10.1 Å². The molecule has 1 aliphatic heterocycles. The van der Waals surface area contributed by atoms with E-state index in [0.717, 1.165) is 11.3 Å². The first-order valence-corrected chi connectivity index (χ1v) is 10.1. The minimum atomic E-state index is -0.524. The number of aliphatic imine (C=N–C) groups is 1. The van der Waals surface area contributed by atoms with E-state index < -0.39 is 5.25 Å². The van der Waals surface area contributed by atoms with Crippen molar-refractivity contribution in [3.63, 3.8) is 0 Å². The summed E-state index contributed by atoms with van der Waals surface area (Å²) >= 11 is 1.31. The molecule has 150 valence electrons. The van der Waals surface area contributed by atoms with Gasteiger partial charge in [-0.3, -0.25) is 14.5 Å². The first kappa shape index (κ1) is 20.7. The Balaban J connectivity index is 1.73. The molecule has 0 spiro atoms. The molecular formula is C22H23N3O3S. The number of anilines is 1. The normalized spacial score (nSPS) is 17.4. The number of nitrogens with zero attached hydrogens (tertiary/aromatic N) is 2. The highest BCUT2D eigenvalue weighted by Gasteiger charge is 2.38. The summed E-state index contributed by atoms with van der Waals surface area (Å²) < 4.78 is 5.17. The van der Waals surface area contributed by atoms with Crippen molar-refractivity contribution in [1.82, 2.24) is 4.90 Å². The monoisotopic (exact) mass is 409 g/mol. The average Bonchev–Trinajstić information content (AvgIpc) is 2.97. The number of amidine groups is 1. The first-order chi connectivity index (χ1) is 14.0. The van der Waals surface area contributed by atoms with Crippen LogP contribution in [0.4, 0.5) is 11.4 Å². The topological polar surface area (TPSA) is 71.0 Å². The molecule has 0 aliphatic carbocycles. The molecule has 0 bridgehead atoms. The molecule has 0 unspecified atom stereocenters. The molecule has 0 radical (unpaired) electrons. The van der Waals surface area contributed by atoms with Crippen molar-refractivity contribution in [2.24, 2.45) is 4.99 Å². The molecule has 29 heavy (non-hydrogen) atoms. The predicted molar refractivity (Wildman–Crippen MR) is 118 cm³/mol. The van der Waals surface area contributed by atoms with Gasteiger partial charge in [-0.15, -0.1) is 6.58 Å². The smallest absolute Gasteiger partial charge is 0.242 e. The van der Waals surface area contributed by atoms with Gasteiger partial charge in [0.05, 0.1) is 12.8 Å². The second-order valence-corrected chi connectivity index (χ2v) is 7.73. The lowest BCUT2D eigenvalue weighted by atomic mass is 10.2. The zero-order valence-corrected chi connectivity index (χ0v) is 17.2. The summed E-state index contributed by atoms with van der Waals surface area (Å²) in [5.41, 5.74) is 2.49. The molecule has 0 saturated carbocycles. The van der Waals surface area contributed by atoms with Crippen LogP contribution in [-0.2, 0) is 9.59 Å². The van der Waals surface area contributed by atoms with E-state index in [1.165, 1.54) is 11.8 Å². The highest BCUT2D eigenvalue weighted by molar-refractivity contribution is 8.15. The third-order valence-corrected chi connectivity index (χ3v) is 5.46. The van der Waals surface area contributed by atoms with Gasteiger partial charge in [0.25, 0.3) is 0 Å². The van der Waals surface area contributed by atoms with Crippen molar-refractivity contribution in [1.29, 1.82) is 0 Å². The van der Waals surface area contributed by atoms with E-state index in [-0.39, 0.29) is 18.2 Å². The molecule has 2 aromatic rings. The largest absolute Gasteiger partial charge is 0.497 e. The van der Waals surface area contributed by atoms with Gasteiger partial charge in [0.1, 0.15) is 11.0 Å². The number of carbonyl (C=O) groups is 2. The number of benzene rings is 2. The number of hydrogen-bond donors (Lipinski definition) is 1. The number of nitrogens with one attached hydrogen (secondary N) is 1. The molecule has 6 nitrogen and oxygen atoms in total. The van der Waals surface area contributed by atoms with E-state index >= 15 is 0 Å². The van der Waals surface area contributed by atoms with Gasteiger partial charge in [-0.1, -0.05) is 36.0 Å². The molecule has 2 aromatic carbocycles. The Bertz CT molecular complexity index is 958. The minimum absolute atomic E-state index is 0.0567. The van der Waals surface area contributed by atoms with Crippen molar-refractivity contribution < 1.29 is 14.3 Å². The predicted octanol–water partition coefficient (Wildman–Crippen LogP) is 4.15. The zero-order chi connectivity index (χ0) is 20.8. The lowest BCUT2D eigenvalue weighted by Crippen LogP contribution is -2.33. The minimum Gasteiger partial charge on any atom is -0.497 e. The Labute approximate surface area is 174 Å². The number of thioether (sulfide) groups is 1. The van der Waals surface area contributed by atoms with Crippen LogP contribution in [0.15, 0.2) is 66.2 Å². The first-order valence-electron chi connectivity index (χ1n) is 9.18. The van der Waals surface area contributed by atoms with Gasteiger partial charge in [0.2, 0.25) is 11.8 Å². The summed E-state index contributed by atoms with van der Waals surface area (Å²) in [5.74, 6) is 0.278. The number of carbonyl (C=O) groups excluding carboxylic acids is 2. The molecule has 0 aromatic heterocycles. The van der Waals surface area contributed by atoms with Crippen LogP contribution in [0.25, 0.3) is 0 Å². The Hall–Kier alpha value is -3.06. The van der Waals surface area contributed by atoms with E-state index in [1.54, 1.807) is 42.4 Å². The molecule has 2 amide bonds. The number of hydrogen-bond acceptors (Lipinski definition) is 5. The molecule has 1 atom stereocenters. The number of aryl methyl sites for hydroxylation is 1. The molecule has 7 heteroatoms. The van der Waals surface area contributed by atoms with E-state index in [1.807, 2.05) is 31.2 Å². The van der Waals surface area contributed by atoms with Crippen LogP contribution < -0.4 is 10.1 Å². The molecule has 3 rings (SSSR count). The molecule has 1 N–H and O–H groups in total. The summed E-state index contributed by atoms with van der Waals surface area (Å²) in [4.78, 5) is 31.5. The van der Waals surface area contributed by atoms with Gasteiger partial charge >= 0.3 is 0 Å². The highest BCUT2D eigenvalue weighted by atomic mass is 32.2. The zero-order valence-electron chi connectivity index (χ0n) is 16.4. The Morgan fingerprint density at radius 1 is 1.31 bits per heavy atom.